The number of amides is 1. The number of rotatable bonds is 5. The molecule has 1 aliphatic rings. The SMILES string of the molecule is Cc1ccc(C(F)(F)F)c(Cn2c3cc(-c4cnc(N5CCN(C(=O)CO)C[C@H]5C)nc4)ccc3c(=O)n2C)n1. The smallest absolute Gasteiger partial charge is 0.387 e. The Morgan fingerprint density at radius 1 is 1.10 bits per heavy atom. The van der Waals surface area contributed by atoms with Crippen molar-refractivity contribution < 1.29 is 23.1 Å². The maximum absolute atomic E-state index is 13.7. The van der Waals surface area contributed by atoms with Crippen molar-refractivity contribution in [3.05, 3.63) is 70.0 Å². The number of carbonyl (C=O) groups is 1. The standard InChI is InChI=1S/C27H28F3N7O3/c1-16-4-7-21(27(28,29)30)22(33-16)14-37-23-10-18(5-6-20(23)25(40)34(37)3)19-11-31-26(32-12-19)36-9-8-35(13-17(36)2)24(39)15-38/h4-7,10-12,17,38H,8-9,13-15H2,1-3H3/t17-/m1/s1. The summed E-state index contributed by atoms with van der Waals surface area (Å²) in [6, 6.07) is 7.40. The van der Waals surface area contributed by atoms with E-state index in [0.29, 0.717) is 53.3 Å². The molecule has 1 saturated heterocycles. The molecule has 210 valence electrons. The summed E-state index contributed by atoms with van der Waals surface area (Å²) in [6.07, 6.45) is -1.28. The Kier molecular flexibility index (Phi) is 7.08. The molecule has 5 rings (SSSR count). The average molecular weight is 556 g/mol. The fourth-order valence-corrected chi connectivity index (χ4v) is 5.07. The highest BCUT2D eigenvalue weighted by atomic mass is 19.4. The van der Waals surface area contributed by atoms with Gasteiger partial charge in [-0.2, -0.15) is 13.2 Å². The topological polar surface area (TPSA) is 109 Å². The van der Waals surface area contributed by atoms with Gasteiger partial charge in [-0.1, -0.05) is 6.07 Å². The number of nitrogens with zero attached hydrogens (tertiary/aromatic N) is 7. The van der Waals surface area contributed by atoms with Crippen molar-refractivity contribution in [1.82, 2.24) is 29.2 Å². The van der Waals surface area contributed by atoms with E-state index in [9.17, 15) is 22.8 Å². The number of piperazine rings is 1. The molecule has 10 nitrogen and oxygen atoms in total. The van der Waals surface area contributed by atoms with Crippen LogP contribution in [0.3, 0.4) is 0 Å². The molecule has 3 aromatic heterocycles. The Bertz CT molecular complexity index is 1630. The van der Waals surface area contributed by atoms with Crippen LogP contribution in [0.2, 0.25) is 0 Å². The van der Waals surface area contributed by atoms with Crippen LogP contribution in [0.5, 0.6) is 0 Å². The van der Waals surface area contributed by atoms with Crippen LogP contribution in [0.25, 0.3) is 22.0 Å². The van der Waals surface area contributed by atoms with Crippen molar-refractivity contribution in [2.24, 2.45) is 7.05 Å². The molecule has 4 heterocycles. The predicted octanol–water partition coefficient (Wildman–Crippen LogP) is 2.60. The maximum atomic E-state index is 13.7. The number of halogens is 3. The van der Waals surface area contributed by atoms with Gasteiger partial charge in [-0.15, -0.1) is 0 Å². The summed E-state index contributed by atoms with van der Waals surface area (Å²) in [7, 11) is 1.51. The minimum atomic E-state index is -4.58. The van der Waals surface area contributed by atoms with Gasteiger partial charge >= 0.3 is 6.18 Å². The molecule has 1 amide bonds. The van der Waals surface area contributed by atoms with Gasteiger partial charge in [0.15, 0.2) is 0 Å². The summed E-state index contributed by atoms with van der Waals surface area (Å²) < 4.78 is 43.8. The molecule has 40 heavy (non-hydrogen) atoms. The van der Waals surface area contributed by atoms with Crippen LogP contribution < -0.4 is 10.5 Å². The number of fused-ring (bicyclic) bond motifs is 1. The summed E-state index contributed by atoms with van der Waals surface area (Å²) in [4.78, 5) is 41.5. The fraction of sp³-hybridized carbons (Fsp3) is 0.370. The van der Waals surface area contributed by atoms with E-state index in [0.717, 1.165) is 6.07 Å². The van der Waals surface area contributed by atoms with Gasteiger partial charge in [0.25, 0.3) is 5.56 Å². The van der Waals surface area contributed by atoms with Crippen LogP contribution in [0.4, 0.5) is 19.1 Å². The lowest BCUT2D eigenvalue weighted by atomic mass is 10.1. The zero-order valence-electron chi connectivity index (χ0n) is 22.2. The minimum Gasteiger partial charge on any atom is -0.387 e. The number of aromatic nitrogens is 5. The van der Waals surface area contributed by atoms with E-state index in [1.807, 2.05) is 11.8 Å². The second-order valence-electron chi connectivity index (χ2n) is 9.88. The predicted molar refractivity (Wildman–Crippen MR) is 142 cm³/mol. The number of aryl methyl sites for hydroxylation is 1. The number of hydrogen-bond acceptors (Lipinski definition) is 7. The molecule has 13 heteroatoms. The van der Waals surface area contributed by atoms with Crippen molar-refractivity contribution in [2.75, 3.05) is 31.1 Å². The van der Waals surface area contributed by atoms with Gasteiger partial charge < -0.3 is 14.9 Å². The van der Waals surface area contributed by atoms with Crippen LogP contribution >= 0.6 is 0 Å². The molecule has 0 aliphatic carbocycles. The van der Waals surface area contributed by atoms with Crippen molar-refractivity contribution in [2.45, 2.75) is 32.6 Å². The summed E-state index contributed by atoms with van der Waals surface area (Å²) in [5, 5.41) is 9.50. The third kappa shape index (κ3) is 5.04. The molecule has 1 aliphatic heterocycles. The van der Waals surface area contributed by atoms with Crippen molar-refractivity contribution >= 4 is 22.8 Å². The summed E-state index contributed by atoms with van der Waals surface area (Å²) in [5.74, 6) is 0.181. The number of hydrogen-bond donors (Lipinski definition) is 1. The van der Waals surface area contributed by atoms with Crippen LogP contribution in [0.15, 0.2) is 47.5 Å². The molecule has 0 bridgehead atoms. The lowest BCUT2D eigenvalue weighted by Crippen LogP contribution is -2.54. The molecular weight excluding hydrogens is 527 g/mol. The molecule has 1 N–H and O–H groups in total. The largest absolute Gasteiger partial charge is 0.418 e. The normalized spacial score (nSPS) is 16.1. The lowest BCUT2D eigenvalue weighted by molar-refractivity contribution is -0.138. The quantitative estimate of drug-likeness (QED) is 0.403. The summed E-state index contributed by atoms with van der Waals surface area (Å²) in [6.45, 7) is 4.20. The number of benzene rings is 1. The van der Waals surface area contributed by atoms with Crippen molar-refractivity contribution in [3.63, 3.8) is 0 Å². The van der Waals surface area contributed by atoms with Gasteiger partial charge in [-0.05, 0) is 43.7 Å². The Balaban J connectivity index is 1.46. The van der Waals surface area contributed by atoms with Crippen LogP contribution in [-0.2, 0) is 24.6 Å². The van der Waals surface area contributed by atoms with E-state index in [1.165, 1.54) is 22.5 Å². The molecule has 0 spiro atoms. The van der Waals surface area contributed by atoms with Crippen LogP contribution in [0.1, 0.15) is 23.9 Å². The van der Waals surface area contributed by atoms with E-state index in [2.05, 4.69) is 15.0 Å². The van der Waals surface area contributed by atoms with Gasteiger partial charge in [0.2, 0.25) is 11.9 Å². The Hall–Kier alpha value is -4.26. The van der Waals surface area contributed by atoms with E-state index in [-0.39, 0.29) is 29.7 Å². The number of alkyl halides is 3. The summed E-state index contributed by atoms with van der Waals surface area (Å²) >= 11 is 0. The molecular formula is C27H28F3N7O3. The molecule has 1 atom stereocenters. The molecule has 0 unspecified atom stereocenters. The third-order valence-corrected chi connectivity index (χ3v) is 7.22. The lowest BCUT2D eigenvalue weighted by Gasteiger charge is -2.39. The monoisotopic (exact) mass is 555 g/mol. The Morgan fingerprint density at radius 3 is 2.48 bits per heavy atom. The van der Waals surface area contributed by atoms with Crippen molar-refractivity contribution in [3.8, 4) is 11.1 Å². The third-order valence-electron chi connectivity index (χ3n) is 7.22. The van der Waals surface area contributed by atoms with E-state index >= 15 is 0 Å². The molecule has 1 fully saturated rings. The first kappa shape index (κ1) is 27.3. The van der Waals surface area contributed by atoms with Gasteiger partial charge in [-0.3, -0.25) is 23.9 Å². The Labute approximate surface area is 227 Å². The zero-order valence-corrected chi connectivity index (χ0v) is 22.2. The number of pyridine rings is 1. The number of aliphatic hydroxyl groups is 1. The Morgan fingerprint density at radius 2 is 1.82 bits per heavy atom. The second kappa shape index (κ2) is 10.4. The van der Waals surface area contributed by atoms with E-state index in [1.54, 1.807) is 42.4 Å². The first-order valence-corrected chi connectivity index (χ1v) is 12.7. The van der Waals surface area contributed by atoms with E-state index < -0.39 is 18.3 Å². The molecule has 1 aromatic carbocycles. The van der Waals surface area contributed by atoms with Gasteiger partial charge in [0, 0.05) is 56.4 Å². The first-order chi connectivity index (χ1) is 19.0. The van der Waals surface area contributed by atoms with Crippen molar-refractivity contribution in [1.29, 1.82) is 0 Å². The number of anilines is 1. The number of carbonyl (C=O) groups excluding carboxylic acids is 1. The minimum absolute atomic E-state index is 0.0537. The van der Waals surface area contributed by atoms with E-state index in [4.69, 9.17) is 5.11 Å². The van der Waals surface area contributed by atoms with Crippen LogP contribution in [0, 0.1) is 6.92 Å². The second-order valence-corrected chi connectivity index (χ2v) is 9.88. The van der Waals surface area contributed by atoms with Gasteiger partial charge in [-0.25, -0.2) is 9.97 Å². The van der Waals surface area contributed by atoms with Gasteiger partial charge in [0.05, 0.1) is 28.7 Å². The summed E-state index contributed by atoms with van der Waals surface area (Å²) in [5.41, 5.74) is 0.915. The zero-order chi connectivity index (χ0) is 28.8. The highest BCUT2D eigenvalue weighted by molar-refractivity contribution is 5.84. The molecule has 0 radical (unpaired) electrons. The molecule has 0 saturated carbocycles. The average Bonchev–Trinajstić information content (AvgIpc) is 3.16. The van der Waals surface area contributed by atoms with Crippen LogP contribution in [-0.4, -0.2) is 72.5 Å². The maximum Gasteiger partial charge on any atom is 0.418 e. The highest BCUT2D eigenvalue weighted by Gasteiger charge is 2.34. The molecule has 4 aromatic rings. The highest BCUT2D eigenvalue weighted by Crippen LogP contribution is 2.32. The van der Waals surface area contributed by atoms with Gasteiger partial charge in [0.1, 0.15) is 6.61 Å². The number of aliphatic hydroxyl groups excluding tert-OH is 1. The fourth-order valence-electron chi connectivity index (χ4n) is 5.07. The first-order valence-electron chi connectivity index (χ1n) is 12.7.